The van der Waals surface area contributed by atoms with E-state index in [-0.39, 0.29) is 23.9 Å². The van der Waals surface area contributed by atoms with Crippen molar-refractivity contribution < 1.29 is 14.0 Å². The van der Waals surface area contributed by atoms with Crippen molar-refractivity contribution in [2.24, 2.45) is 0 Å². The first-order valence-corrected chi connectivity index (χ1v) is 11.7. The number of carbonyl (C=O) groups is 2. The van der Waals surface area contributed by atoms with Crippen molar-refractivity contribution in [2.75, 3.05) is 16.4 Å². The first-order chi connectivity index (χ1) is 17.3. The van der Waals surface area contributed by atoms with Crippen LogP contribution in [0.1, 0.15) is 36.6 Å². The van der Waals surface area contributed by atoms with E-state index >= 15 is 0 Å². The molecule has 0 bridgehead atoms. The van der Waals surface area contributed by atoms with Gasteiger partial charge in [-0.1, -0.05) is 31.2 Å². The van der Waals surface area contributed by atoms with Crippen molar-refractivity contribution in [3.05, 3.63) is 95.4 Å². The van der Waals surface area contributed by atoms with E-state index in [0.717, 1.165) is 21.9 Å². The zero-order valence-corrected chi connectivity index (χ0v) is 20.1. The number of nitrogens with two attached hydrogens (primary N) is 1. The van der Waals surface area contributed by atoms with Crippen molar-refractivity contribution >= 4 is 39.8 Å². The molecule has 0 radical (unpaired) electrons. The summed E-state index contributed by atoms with van der Waals surface area (Å²) in [6.45, 7) is 3.62. The average molecular weight is 486 g/mol. The van der Waals surface area contributed by atoms with Gasteiger partial charge in [-0.15, -0.1) is 0 Å². The Bertz CT molecular complexity index is 1420. The molecule has 5 N–H and O–H groups in total. The summed E-state index contributed by atoms with van der Waals surface area (Å²) in [7, 11) is 0. The van der Waals surface area contributed by atoms with Gasteiger partial charge in [0.2, 0.25) is 11.8 Å². The molecule has 4 rings (SSSR count). The van der Waals surface area contributed by atoms with E-state index < -0.39 is 11.9 Å². The molecule has 4 aromatic rings. The van der Waals surface area contributed by atoms with Crippen molar-refractivity contribution in [1.82, 2.24) is 10.3 Å². The van der Waals surface area contributed by atoms with E-state index in [1.165, 1.54) is 13.0 Å². The third-order valence-electron chi connectivity index (χ3n) is 5.86. The number of aryl methyl sites for hydroxylation is 1. The van der Waals surface area contributed by atoms with Gasteiger partial charge < -0.3 is 21.7 Å². The highest BCUT2D eigenvalue weighted by Gasteiger charge is 2.24. The minimum atomic E-state index is -0.980. The maximum Gasteiger partial charge on any atom is 0.247 e. The molecule has 0 spiro atoms. The number of halogens is 1. The molecule has 3 aromatic carbocycles. The summed E-state index contributed by atoms with van der Waals surface area (Å²) in [5.41, 5.74) is 9.21. The molecular weight excluding hydrogens is 457 g/mol. The van der Waals surface area contributed by atoms with Crippen LogP contribution in [0.4, 0.5) is 21.6 Å². The summed E-state index contributed by atoms with van der Waals surface area (Å²) in [5, 5.41) is 10.5. The number of amides is 2. The molecule has 0 aliphatic carbocycles. The van der Waals surface area contributed by atoms with Crippen LogP contribution >= 0.6 is 0 Å². The maximum atomic E-state index is 15.0. The molecule has 1 atom stereocenters. The Hall–Kier alpha value is -4.46. The summed E-state index contributed by atoms with van der Waals surface area (Å²) < 4.78 is 15.0. The fraction of sp³-hybridized carbons (Fsp3) is 0.179. The average Bonchev–Trinajstić information content (AvgIpc) is 2.86. The van der Waals surface area contributed by atoms with Gasteiger partial charge in [0.1, 0.15) is 17.7 Å². The summed E-state index contributed by atoms with van der Waals surface area (Å²) in [6, 6.07) is 18.3. The molecule has 1 heterocycles. The molecule has 0 saturated carbocycles. The molecule has 1 aromatic heterocycles. The molecule has 1 unspecified atom stereocenters. The first kappa shape index (κ1) is 24.7. The van der Waals surface area contributed by atoms with E-state index in [2.05, 4.69) is 20.9 Å². The molecule has 8 heteroatoms. The number of hydrogen-bond donors (Lipinski definition) is 4. The van der Waals surface area contributed by atoms with Crippen LogP contribution in [0.15, 0.2) is 72.9 Å². The standard InChI is InChI=1S/C28H28FN5O2/c1-3-18-7-10-25(29)24(14-18)26(34-22-8-9-23-20(15-22)11-12-31-27(23)30)28(36)32-16-19-5-4-6-21(13-19)33-17(2)35/h4-15,26,34H,3,16H2,1-2H3,(H2,30,31)(H,32,36)(H,33,35). The number of nitrogens with one attached hydrogen (secondary N) is 3. The van der Waals surface area contributed by atoms with Crippen LogP contribution in [0.3, 0.4) is 0 Å². The lowest BCUT2D eigenvalue weighted by atomic mass is 10.0. The van der Waals surface area contributed by atoms with E-state index in [1.54, 1.807) is 42.6 Å². The molecule has 2 amide bonds. The Balaban J connectivity index is 1.62. The second-order valence-corrected chi connectivity index (χ2v) is 8.52. The number of pyridine rings is 1. The van der Waals surface area contributed by atoms with Crippen molar-refractivity contribution in [2.45, 2.75) is 32.9 Å². The van der Waals surface area contributed by atoms with Gasteiger partial charge in [-0.25, -0.2) is 9.37 Å². The lowest BCUT2D eigenvalue weighted by Gasteiger charge is -2.22. The minimum Gasteiger partial charge on any atom is -0.383 e. The molecule has 0 aliphatic heterocycles. The fourth-order valence-electron chi connectivity index (χ4n) is 4.03. The maximum absolute atomic E-state index is 15.0. The molecular formula is C28H28FN5O2. The van der Waals surface area contributed by atoms with Crippen LogP contribution in [0.2, 0.25) is 0 Å². The quantitative estimate of drug-likeness (QED) is 0.282. The Kier molecular flexibility index (Phi) is 7.44. The Labute approximate surface area is 208 Å². The summed E-state index contributed by atoms with van der Waals surface area (Å²) in [4.78, 5) is 28.9. The Morgan fingerprint density at radius 2 is 1.83 bits per heavy atom. The molecule has 184 valence electrons. The minimum absolute atomic E-state index is 0.181. The number of nitrogens with zero attached hydrogens (tertiary/aromatic N) is 1. The number of nitrogen functional groups attached to an aromatic ring is 1. The fourth-order valence-corrected chi connectivity index (χ4v) is 4.03. The second kappa shape index (κ2) is 10.9. The summed E-state index contributed by atoms with van der Waals surface area (Å²) in [5.74, 6) is -0.626. The van der Waals surface area contributed by atoms with Gasteiger partial charge in [0.05, 0.1) is 0 Å². The van der Waals surface area contributed by atoms with Gasteiger partial charge in [-0.3, -0.25) is 9.59 Å². The lowest BCUT2D eigenvalue weighted by molar-refractivity contribution is -0.122. The van der Waals surface area contributed by atoms with Crippen LogP contribution < -0.4 is 21.7 Å². The van der Waals surface area contributed by atoms with Gasteiger partial charge in [0.15, 0.2) is 0 Å². The van der Waals surface area contributed by atoms with E-state index in [1.807, 2.05) is 31.2 Å². The Morgan fingerprint density at radius 3 is 2.61 bits per heavy atom. The number of carbonyl (C=O) groups excluding carboxylic acids is 2. The van der Waals surface area contributed by atoms with Crippen LogP contribution in [0.5, 0.6) is 0 Å². The second-order valence-electron chi connectivity index (χ2n) is 8.52. The lowest BCUT2D eigenvalue weighted by Crippen LogP contribution is -2.33. The van der Waals surface area contributed by atoms with Crippen molar-refractivity contribution in [3.63, 3.8) is 0 Å². The number of hydrogen-bond acceptors (Lipinski definition) is 5. The van der Waals surface area contributed by atoms with Gasteiger partial charge in [0, 0.05) is 42.0 Å². The normalized spacial score (nSPS) is 11.6. The topological polar surface area (TPSA) is 109 Å². The van der Waals surface area contributed by atoms with Gasteiger partial charge in [-0.05, 0) is 65.4 Å². The van der Waals surface area contributed by atoms with Crippen molar-refractivity contribution in [1.29, 1.82) is 0 Å². The molecule has 0 fully saturated rings. The number of aromatic nitrogens is 1. The van der Waals surface area contributed by atoms with Gasteiger partial charge in [-0.2, -0.15) is 0 Å². The summed E-state index contributed by atoms with van der Waals surface area (Å²) in [6.07, 6.45) is 2.32. The van der Waals surface area contributed by atoms with Crippen LogP contribution in [0, 0.1) is 5.82 Å². The zero-order valence-electron chi connectivity index (χ0n) is 20.1. The van der Waals surface area contributed by atoms with Gasteiger partial charge >= 0.3 is 0 Å². The summed E-state index contributed by atoms with van der Waals surface area (Å²) >= 11 is 0. The van der Waals surface area contributed by atoms with Crippen LogP contribution in [0.25, 0.3) is 10.8 Å². The van der Waals surface area contributed by atoms with Crippen LogP contribution in [-0.2, 0) is 22.6 Å². The predicted molar refractivity (Wildman–Crippen MR) is 141 cm³/mol. The SMILES string of the molecule is CCc1ccc(F)c(C(Nc2ccc3c(N)nccc3c2)C(=O)NCc2cccc(NC(C)=O)c2)c1. The number of rotatable bonds is 8. The number of fused-ring (bicyclic) bond motifs is 1. The predicted octanol–water partition coefficient (Wildman–Crippen LogP) is 4.95. The monoisotopic (exact) mass is 485 g/mol. The third-order valence-corrected chi connectivity index (χ3v) is 5.86. The van der Waals surface area contributed by atoms with E-state index in [9.17, 15) is 14.0 Å². The highest BCUT2D eigenvalue weighted by Crippen LogP contribution is 2.28. The van der Waals surface area contributed by atoms with E-state index in [0.29, 0.717) is 23.6 Å². The zero-order chi connectivity index (χ0) is 25.7. The largest absolute Gasteiger partial charge is 0.383 e. The van der Waals surface area contributed by atoms with Gasteiger partial charge in [0.25, 0.3) is 0 Å². The smallest absolute Gasteiger partial charge is 0.247 e. The third kappa shape index (κ3) is 5.78. The molecule has 36 heavy (non-hydrogen) atoms. The van der Waals surface area contributed by atoms with Crippen LogP contribution in [-0.4, -0.2) is 16.8 Å². The van der Waals surface area contributed by atoms with E-state index in [4.69, 9.17) is 5.73 Å². The van der Waals surface area contributed by atoms with Crippen molar-refractivity contribution in [3.8, 4) is 0 Å². The first-order valence-electron chi connectivity index (χ1n) is 11.7. The Morgan fingerprint density at radius 1 is 1.00 bits per heavy atom. The number of anilines is 3. The molecule has 0 saturated heterocycles. The highest BCUT2D eigenvalue weighted by atomic mass is 19.1. The molecule has 0 aliphatic rings. The number of benzene rings is 3. The highest BCUT2D eigenvalue weighted by molar-refractivity contribution is 5.94. The molecule has 7 nitrogen and oxygen atoms in total.